The molecule has 86 valence electrons. The third-order valence-electron chi connectivity index (χ3n) is 3.33. The fourth-order valence-electron chi connectivity index (χ4n) is 2.25. The zero-order valence-corrected chi connectivity index (χ0v) is 9.77. The number of rotatable bonds is 4. The van der Waals surface area contributed by atoms with Crippen LogP contribution >= 0.6 is 0 Å². The molecular weight excluding hydrogens is 190 g/mol. The Morgan fingerprint density at radius 1 is 1.47 bits per heavy atom. The van der Waals surface area contributed by atoms with Gasteiger partial charge in [-0.1, -0.05) is 13.3 Å². The number of ketones is 1. The maximum atomic E-state index is 11.8. The van der Waals surface area contributed by atoms with Crippen molar-refractivity contribution < 1.29 is 9.59 Å². The minimum atomic E-state index is -0.114. The molecule has 0 aliphatic heterocycles. The van der Waals surface area contributed by atoms with Gasteiger partial charge in [-0.3, -0.25) is 9.59 Å². The van der Waals surface area contributed by atoms with Crippen LogP contribution in [0.5, 0.6) is 0 Å². The average Bonchev–Trinajstić information content (AvgIpc) is 2.18. The van der Waals surface area contributed by atoms with Gasteiger partial charge in [-0.15, -0.1) is 0 Å². The van der Waals surface area contributed by atoms with Gasteiger partial charge in [-0.25, -0.2) is 0 Å². The molecule has 0 aromatic rings. The molecule has 0 heterocycles. The molecule has 1 rings (SSSR count). The van der Waals surface area contributed by atoms with Crippen LogP contribution in [0.1, 0.15) is 52.4 Å². The van der Waals surface area contributed by atoms with Gasteiger partial charge in [0.15, 0.2) is 0 Å². The highest BCUT2D eigenvalue weighted by molar-refractivity contribution is 5.85. The van der Waals surface area contributed by atoms with Gasteiger partial charge in [0.05, 0.1) is 0 Å². The first-order chi connectivity index (χ1) is 7.04. The van der Waals surface area contributed by atoms with Crippen LogP contribution in [0.15, 0.2) is 0 Å². The molecule has 1 unspecified atom stereocenters. The van der Waals surface area contributed by atoms with E-state index in [0.29, 0.717) is 12.3 Å². The number of hydrogen-bond acceptors (Lipinski definition) is 2. The van der Waals surface area contributed by atoms with Crippen molar-refractivity contribution in [2.24, 2.45) is 5.41 Å². The predicted molar refractivity (Wildman–Crippen MR) is 59.5 cm³/mol. The molecule has 0 aromatic carbocycles. The summed E-state index contributed by atoms with van der Waals surface area (Å²) >= 11 is 0. The lowest BCUT2D eigenvalue weighted by Gasteiger charge is -2.32. The monoisotopic (exact) mass is 211 g/mol. The second-order valence-corrected chi connectivity index (χ2v) is 4.78. The van der Waals surface area contributed by atoms with Crippen LogP contribution in [0.3, 0.4) is 0 Å². The minimum absolute atomic E-state index is 0.00937. The zero-order chi connectivity index (χ0) is 11.3. The highest BCUT2D eigenvalue weighted by Gasteiger charge is 2.34. The van der Waals surface area contributed by atoms with Gasteiger partial charge in [0.2, 0.25) is 5.91 Å². The second kappa shape index (κ2) is 5.29. The maximum absolute atomic E-state index is 11.8. The molecule has 3 nitrogen and oxygen atoms in total. The van der Waals surface area contributed by atoms with Crippen LogP contribution in [-0.4, -0.2) is 18.2 Å². The highest BCUT2D eigenvalue weighted by Crippen LogP contribution is 2.36. The Kier molecular flexibility index (Phi) is 4.30. The molecule has 0 aromatic heterocycles. The molecule has 1 saturated carbocycles. The molecule has 15 heavy (non-hydrogen) atoms. The normalized spacial score (nSPS) is 26.4. The summed E-state index contributed by atoms with van der Waals surface area (Å²) in [5, 5.41) is 2.77. The van der Waals surface area contributed by atoms with E-state index in [1.807, 2.05) is 0 Å². The minimum Gasteiger partial charge on any atom is -0.356 e. The van der Waals surface area contributed by atoms with Crippen LogP contribution in [-0.2, 0) is 9.59 Å². The van der Waals surface area contributed by atoms with E-state index < -0.39 is 0 Å². The molecule has 0 saturated heterocycles. The first-order valence-corrected chi connectivity index (χ1v) is 5.82. The first kappa shape index (κ1) is 12.2. The summed E-state index contributed by atoms with van der Waals surface area (Å²) < 4.78 is 0. The molecule has 3 heteroatoms. The third-order valence-corrected chi connectivity index (χ3v) is 3.33. The van der Waals surface area contributed by atoms with E-state index in [4.69, 9.17) is 0 Å². The fourth-order valence-corrected chi connectivity index (χ4v) is 2.25. The van der Waals surface area contributed by atoms with E-state index in [1.54, 1.807) is 0 Å². The van der Waals surface area contributed by atoms with Crippen molar-refractivity contribution in [3.63, 3.8) is 0 Å². The molecule has 0 spiro atoms. The lowest BCUT2D eigenvalue weighted by Crippen LogP contribution is -2.32. The quantitative estimate of drug-likeness (QED) is 0.723. The van der Waals surface area contributed by atoms with Gasteiger partial charge < -0.3 is 5.32 Å². The largest absolute Gasteiger partial charge is 0.356 e. The van der Waals surface area contributed by atoms with Crippen molar-refractivity contribution >= 4 is 11.7 Å². The smallest absolute Gasteiger partial charge is 0.216 e. The SMILES string of the molecule is CC(=O)NCCCC1(C)CCCCC1=O. The molecule has 1 fully saturated rings. The summed E-state index contributed by atoms with van der Waals surface area (Å²) in [6.45, 7) is 4.29. The van der Waals surface area contributed by atoms with Crippen LogP contribution in [0.4, 0.5) is 0 Å². The summed E-state index contributed by atoms with van der Waals surface area (Å²) in [7, 11) is 0. The molecule has 1 N–H and O–H groups in total. The van der Waals surface area contributed by atoms with Gasteiger partial charge in [0.25, 0.3) is 0 Å². The first-order valence-electron chi connectivity index (χ1n) is 5.82. The van der Waals surface area contributed by atoms with E-state index in [0.717, 1.165) is 32.1 Å². The van der Waals surface area contributed by atoms with Crippen molar-refractivity contribution in [3.8, 4) is 0 Å². The van der Waals surface area contributed by atoms with E-state index in [1.165, 1.54) is 13.3 Å². The van der Waals surface area contributed by atoms with Crippen LogP contribution < -0.4 is 5.32 Å². The van der Waals surface area contributed by atoms with Crippen LogP contribution in [0.2, 0.25) is 0 Å². The summed E-state index contributed by atoms with van der Waals surface area (Å²) in [5.74, 6) is 0.423. The molecule has 1 aliphatic rings. The Labute approximate surface area is 91.6 Å². The van der Waals surface area contributed by atoms with Gasteiger partial charge >= 0.3 is 0 Å². The molecule has 0 bridgehead atoms. The van der Waals surface area contributed by atoms with Gasteiger partial charge in [0, 0.05) is 25.3 Å². The second-order valence-electron chi connectivity index (χ2n) is 4.78. The van der Waals surface area contributed by atoms with Crippen molar-refractivity contribution in [2.75, 3.05) is 6.54 Å². The Morgan fingerprint density at radius 3 is 2.80 bits per heavy atom. The van der Waals surface area contributed by atoms with Crippen molar-refractivity contribution in [2.45, 2.75) is 52.4 Å². The third kappa shape index (κ3) is 3.65. The summed E-state index contributed by atoms with van der Waals surface area (Å²) in [4.78, 5) is 22.4. The number of nitrogens with one attached hydrogen (secondary N) is 1. The zero-order valence-electron chi connectivity index (χ0n) is 9.77. The Morgan fingerprint density at radius 2 is 2.20 bits per heavy atom. The van der Waals surface area contributed by atoms with Crippen LogP contribution in [0, 0.1) is 5.41 Å². The van der Waals surface area contributed by atoms with E-state index in [2.05, 4.69) is 12.2 Å². The van der Waals surface area contributed by atoms with Gasteiger partial charge in [-0.2, -0.15) is 0 Å². The molecule has 1 amide bonds. The van der Waals surface area contributed by atoms with E-state index in [9.17, 15) is 9.59 Å². The Bertz CT molecular complexity index is 250. The lowest BCUT2D eigenvalue weighted by molar-refractivity contribution is -0.130. The van der Waals surface area contributed by atoms with Crippen LogP contribution in [0.25, 0.3) is 0 Å². The summed E-state index contributed by atoms with van der Waals surface area (Å²) in [6.07, 6.45) is 5.80. The summed E-state index contributed by atoms with van der Waals surface area (Å²) in [5.41, 5.74) is -0.114. The number of carbonyl (C=O) groups is 2. The summed E-state index contributed by atoms with van der Waals surface area (Å²) in [6, 6.07) is 0. The highest BCUT2D eigenvalue weighted by atomic mass is 16.1. The van der Waals surface area contributed by atoms with Crippen molar-refractivity contribution in [3.05, 3.63) is 0 Å². The molecule has 0 radical (unpaired) electrons. The topological polar surface area (TPSA) is 46.2 Å². The Hall–Kier alpha value is -0.860. The Balaban J connectivity index is 2.29. The average molecular weight is 211 g/mol. The molecular formula is C12H21NO2. The number of carbonyl (C=O) groups excluding carboxylic acids is 2. The van der Waals surface area contributed by atoms with E-state index in [-0.39, 0.29) is 11.3 Å². The van der Waals surface area contributed by atoms with E-state index >= 15 is 0 Å². The number of Topliss-reactive ketones (excluding diaryl/α,β-unsaturated/α-hetero) is 1. The maximum Gasteiger partial charge on any atom is 0.216 e. The predicted octanol–water partition coefficient (Wildman–Crippen LogP) is 2.05. The number of hydrogen-bond donors (Lipinski definition) is 1. The van der Waals surface area contributed by atoms with Gasteiger partial charge in [-0.05, 0) is 25.7 Å². The van der Waals surface area contributed by atoms with Crippen molar-refractivity contribution in [1.82, 2.24) is 5.32 Å². The standard InChI is InChI=1S/C12H21NO2/c1-10(14)13-9-5-8-12(2)7-4-3-6-11(12)15/h3-9H2,1-2H3,(H,13,14). The number of amides is 1. The van der Waals surface area contributed by atoms with Gasteiger partial charge in [0.1, 0.15) is 5.78 Å². The van der Waals surface area contributed by atoms with Crippen molar-refractivity contribution in [1.29, 1.82) is 0 Å². The lowest BCUT2D eigenvalue weighted by atomic mass is 9.72. The fraction of sp³-hybridized carbons (Fsp3) is 0.833. The molecule has 1 atom stereocenters. The molecule has 1 aliphatic carbocycles.